The van der Waals surface area contributed by atoms with Crippen molar-refractivity contribution in [1.82, 2.24) is 9.96 Å². The van der Waals surface area contributed by atoms with Gasteiger partial charge in [-0.2, -0.15) is 5.06 Å². The minimum absolute atomic E-state index is 0.0168. The number of ether oxygens (including phenoxy) is 2. The summed E-state index contributed by atoms with van der Waals surface area (Å²) in [4.78, 5) is 34.5. The van der Waals surface area contributed by atoms with Gasteiger partial charge in [-0.15, -0.1) is 0 Å². The summed E-state index contributed by atoms with van der Waals surface area (Å²) in [5, 5.41) is 2.50. The molecule has 1 heterocycles. The normalized spacial score (nSPS) is 15.1. The number of carbonyl (C=O) groups is 2. The number of unbranched alkanes of at least 4 members (excludes halogenated alkanes) is 23. The van der Waals surface area contributed by atoms with Crippen LogP contribution in [0.4, 0.5) is 0 Å². The van der Waals surface area contributed by atoms with Gasteiger partial charge in [0.15, 0.2) is 0 Å². The van der Waals surface area contributed by atoms with Gasteiger partial charge in [0.05, 0.1) is 19.8 Å². The maximum Gasteiger partial charge on any atom is 0.305 e. The van der Waals surface area contributed by atoms with Crippen molar-refractivity contribution in [3.05, 3.63) is 0 Å². The molecule has 1 aliphatic heterocycles. The van der Waals surface area contributed by atoms with E-state index in [0.717, 1.165) is 44.8 Å². The van der Waals surface area contributed by atoms with E-state index >= 15 is 0 Å². The third kappa shape index (κ3) is 38.4. The van der Waals surface area contributed by atoms with Gasteiger partial charge >= 0.3 is 11.9 Å². The van der Waals surface area contributed by atoms with Crippen LogP contribution in [0.15, 0.2) is 0 Å². The molecule has 2 atom stereocenters. The Balaban J connectivity index is 2.59. The van der Waals surface area contributed by atoms with Crippen LogP contribution in [0.3, 0.4) is 0 Å². The highest BCUT2D eigenvalue weighted by atomic mass is 16.7. The predicted molar refractivity (Wildman–Crippen MR) is 279 cm³/mol. The highest BCUT2D eigenvalue weighted by molar-refractivity contribution is 5.69. The topological polar surface area (TPSA) is 68.3 Å². The molecular formula is C58H114N2O5. The lowest BCUT2D eigenvalue weighted by Gasteiger charge is -2.37. The molecule has 0 radical (unpaired) electrons. The van der Waals surface area contributed by atoms with Crippen LogP contribution in [0.5, 0.6) is 0 Å². The van der Waals surface area contributed by atoms with E-state index < -0.39 is 0 Å². The van der Waals surface area contributed by atoms with E-state index in [9.17, 15) is 9.59 Å². The fourth-order valence-corrected chi connectivity index (χ4v) is 9.91. The van der Waals surface area contributed by atoms with E-state index in [4.69, 9.17) is 14.3 Å². The molecule has 7 nitrogen and oxygen atoms in total. The van der Waals surface area contributed by atoms with Gasteiger partial charge in [0, 0.05) is 25.4 Å². The molecule has 0 spiro atoms. The number of piperidine rings is 1. The molecule has 2 unspecified atom stereocenters. The van der Waals surface area contributed by atoms with Gasteiger partial charge in [-0.1, -0.05) is 208 Å². The van der Waals surface area contributed by atoms with E-state index in [2.05, 4.69) is 51.6 Å². The Morgan fingerprint density at radius 1 is 0.462 bits per heavy atom. The second-order valence-corrected chi connectivity index (χ2v) is 21.0. The Morgan fingerprint density at radius 3 is 1.26 bits per heavy atom. The molecule has 0 bridgehead atoms. The average Bonchev–Trinajstić information content (AvgIpc) is 3.31. The average molecular weight is 920 g/mol. The van der Waals surface area contributed by atoms with E-state index in [0.29, 0.717) is 43.9 Å². The lowest BCUT2D eigenvalue weighted by molar-refractivity contribution is -0.199. The number of hydroxylamine groups is 2. The second-order valence-electron chi connectivity index (χ2n) is 21.0. The highest BCUT2D eigenvalue weighted by Gasteiger charge is 2.25. The predicted octanol–water partition coefficient (Wildman–Crippen LogP) is 17.2. The minimum atomic E-state index is 0.0168. The molecule has 0 aromatic carbocycles. The zero-order chi connectivity index (χ0) is 47.3. The van der Waals surface area contributed by atoms with Crippen LogP contribution in [0.1, 0.15) is 291 Å². The molecule has 1 rings (SSSR count). The van der Waals surface area contributed by atoms with Gasteiger partial charge in [-0.25, -0.2) is 0 Å². The molecule has 0 aromatic heterocycles. The Labute approximate surface area is 406 Å². The monoisotopic (exact) mass is 919 g/mol. The number of hydrogen-bond acceptors (Lipinski definition) is 7. The standard InChI is InChI=1S/C58H114N2O5/c1-7-12-17-20-29-36-49-65-60(50-53-45-47-59(6)48-46-53)56(41-32-25-21-23-27-34-43-57(61)63-51-54(37-15-10-4)39-30-18-13-8-2)42-33-26-22-24-28-35-44-58(62)64-52-55(38-16-11-5)40-31-19-14-9-3/h53-56H,7-52H2,1-6H3. The first-order chi connectivity index (χ1) is 31.9. The third-order valence-electron chi connectivity index (χ3n) is 14.6. The lowest BCUT2D eigenvalue weighted by Crippen LogP contribution is -2.42. The number of nitrogens with zero attached hydrogens (tertiary/aromatic N) is 2. The smallest absolute Gasteiger partial charge is 0.305 e. The van der Waals surface area contributed by atoms with Crippen LogP contribution in [0, 0.1) is 17.8 Å². The largest absolute Gasteiger partial charge is 0.465 e. The summed E-state index contributed by atoms with van der Waals surface area (Å²) in [5.41, 5.74) is 0. The third-order valence-corrected chi connectivity index (χ3v) is 14.6. The molecule has 0 amide bonds. The minimum Gasteiger partial charge on any atom is -0.465 e. The van der Waals surface area contributed by atoms with Gasteiger partial charge in [-0.3, -0.25) is 14.4 Å². The molecule has 1 aliphatic rings. The molecule has 1 saturated heterocycles. The maximum atomic E-state index is 12.6. The molecule has 65 heavy (non-hydrogen) atoms. The summed E-state index contributed by atoms with van der Waals surface area (Å²) in [6.45, 7) is 16.9. The van der Waals surface area contributed by atoms with Crippen molar-refractivity contribution in [3.63, 3.8) is 0 Å². The molecule has 0 aromatic rings. The molecular weight excluding hydrogens is 805 g/mol. The number of rotatable bonds is 49. The highest BCUT2D eigenvalue weighted by Crippen LogP contribution is 2.25. The van der Waals surface area contributed by atoms with Crippen LogP contribution in [-0.2, 0) is 23.9 Å². The van der Waals surface area contributed by atoms with Gasteiger partial charge in [0.25, 0.3) is 0 Å². The number of carbonyl (C=O) groups excluding carboxylic acids is 2. The van der Waals surface area contributed by atoms with Gasteiger partial charge in [-0.05, 0) is 109 Å². The number of esters is 2. The Morgan fingerprint density at radius 2 is 0.815 bits per heavy atom. The molecule has 0 N–H and O–H groups in total. The number of hydrogen-bond donors (Lipinski definition) is 0. The van der Waals surface area contributed by atoms with Crippen molar-refractivity contribution in [2.24, 2.45) is 17.8 Å². The van der Waals surface area contributed by atoms with E-state index in [1.165, 1.54) is 231 Å². The van der Waals surface area contributed by atoms with Gasteiger partial charge < -0.3 is 14.4 Å². The van der Waals surface area contributed by atoms with Crippen molar-refractivity contribution in [2.75, 3.05) is 46.5 Å². The lowest BCUT2D eigenvalue weighted by atomic mass is 9.95. The summed E-state index contributed by atoms with van der Waals surface area (Å²) >= 11 is 0. The van der Waals surface area contributed by atoms with Crippen molar-refractivity contribution in [3.8, 4) is 0 Å². The van der Waals surface area contributed by atoms with E-state index in [1.807, 2.05) is 0 Å². The van der Waals surface area contributed by atoms with Crippen molar-refractivity contribution < 1.29 is 23.9 Å². The fourth-order valence-electron chi connectivity index (χ4n) is 9.91. The first-order valence-electron chi connectivity index (χ1n) is 29.3. The molecule has 1 fully saturated rings. The summed E-state index contributed by atoms with van der Waals surface area (Å²) in [6.07, 6.45) is 48.0. The summed E-state index contributed by atoms with van der Waals surface area (Å²) in [6, 6.07) is 0.486. The van der Waals surface area contributed by atoms with Crippen LogP contribution in [-0.4, -0.2) is 74.4 Å². The summed E-state index contributed by atoms with van der Waals surface area (Å²) in [5.74, 6) is 1.83. The maximum absolute atomic E-state index is 12.6. The van der Waals surface area contributed by atoms with Gasteiger partial charge in [0.1, 0.15) is 0 Å². The van der Waals surface area contributed by atoms with E-state index in [1.54, 1.807) is 0 Å². The number of likely N-dealkylation sites (tertiary alicyclic amines) is 1. The molecule has 7 heteroatoms. The first-order valence-corrected chi connectivity index (χ1v) is 29.3. The molecule has 0 saturated carbocycles. The first kappa shape index (κ1) is 61.8. The SMILES string of the molecule is CCCCCCCCON(CC1CCN(C)CC1)C(CCCCCCCCC(=O)OCC(CCCC)CCCCCC)CCCCCCCCC(=O)OCC(CCCC)CCCCCC. The Bertz CT molecular complexity index is 962. The van der Waals surface area contributed by atoms with Crippen LogP contribution < -0.4 is 0 Å². The van der Waals surface area contributed by atoms with Gasteiger partial charge in [0.2, 0.25) is 0 Å². The summed E-state index contributed by atoms with van der Waals surface area (Å²) in [7, 11) is 2.27. The van der Waals surface area contributed by atoms with Crippen molar-refractivity contribution in [2.45, 2.75) is 297 Å². The zero-order valence-corrected chi connectivity index (χ0v) is 44.8. The van der Waals surface area contributed by atoms with Crippen LogP contribution in [0.25, 0.3) is 0 Å². The van der Waals surface area contributed by atoms with Crippen molar-refractivity contribution in [1.29, 1.82) is 0 Å². The second kappa shape index (κ2) is 46.5. The Kier molecular flexibility index (Phi) is 44.3. The molecule has 0 aliphatic carbocycles. The zero-order valence-electron chi connectivity index (χ0n) is 44.8. The van der Waals surface area contributed by atoms with Crippen molar-refractivity contribution >= 4 is 11.9 Å². The summed E-state index contributed by atoms with van der Waals surface area (Å²) < 4.78 is 11.6. The quantitative estimate of drug-likeness (QED) is 0.0342. The van der Waals surface area contributed by atoms with Crippen LogP contribution in [0.2, 0.25) is 0 Å². The fraction of sp³-hybridized carbons (Fsp3) is 0.966. The van der Waals surface area contributed by atoms with E-state index in [-0.39, 0.29) is 11.9 Å². The molecule has 386 valence electrons. The Hall–Kier alpha value is -1.18. The van der Waals surface area contributed by atoms with Crippen LogP contribution >= 0.6 is 0 Å².